The van der Waals surface area contributed by atoms with Crippen molar-refractivity contribution >= 4 is 11.0 Å². The molecule has 2 aromatic heterocycles. The number of hydrogen-bond acceptors (Lipinski definition) is 3. The zero-order chi connectivity index (χ0) is 12.0. The van der Waals surface area contributed by atoms with E-state index in [2.05, 4.69) is 23.1 Å². The number of benzene rings is 1. The molecule has 0 atom stereocenters. The lowest BCUT2D eigenvalue weighted by molar-refractivity contribution is 0.449. The first-order valence-electron chi connectivity index (χ1n) is 5.53. The maximum Gasteiger partial charge on any atom is 0.191 e. The van der Waals surface area contributed by atoms with E-state index in [-0.39, 0.29) is 0 Å². The van der Waals surface area contributed by atoms with Gasteiger partial charge in [-0.05, 0) is 32.4 Å². The van der Waals surface area contributed by atoms with E-state index in [1.54, 1.807) is 6.33 Å². The van der Waals surface area contributed by atoms with E-state index >= 15 is 0 Å². The molecule has 3 rings (SSSR count). The Morgan fingerprint density at radius 3 is 2.71 bits per heavy atom. The Kier molecular flexibility index (Phi) is 2.04. The lowest BCUT2D eigenvalue weighted by atomic mass is 10.1. The van der Waals surface area contributed by atoms with E-state index in [1.165, 1.54) is 5.56 Å². The molecule has 4 nitrogen and oxygen atoms in total. The lowest BCUT2D eigenvalue weighted by Gasteiger charge is -2.03. The van der Waals surface area contributed by atoms with Crippen LogP contribution in [0, 0.1) is 20.8 Å². The molecule has 0 saturated heterocycles. The summed E-state index contributed by atoms with van der Waals surface area (Å²) < 4.78 is 7.39. The van der Waals surface area contributed by atoms with Gasteiger partial charge in [-0.2, -0.15) is 0 Å². The minimum absolute atomic E-state index is 0.819. The highest BCUT2D eigenvalue weighted by atomic mass is 16.5. The summed E-state index contributed by atoms with van der Waals surface area (Å²) in [5.74, 6) is 0. The normalized spacial score (nSPS) is 11.2. The molecular weight excluding hydrogens is 214 g/mol. The maximum atomic E-state index is 5.43. The first kappa shape index (κ1) is 10.1. The third kappa shape index (κ3) is 1.45. The first-order valence-corrected chi connectivity index (χ1v) is 5.53. The number of aromatic nitrogens is 3. The molecule has 0 saturated carbocycles. The summed E-state index contributed by atoms with van der Waals surface area (Å²) in [4.78, 5) is 4.23. The zero-order valence-corrected chi connectivity index (χ0v) is 10.1. The van der Waals surface area contributed by atoms with Crippen LogP contribution in [0.25, 0.3) is 16.7 Å². The minimum Gasteiger partial charge on any atom is -0.354 e. The van der Waals surface area contributed by atoms with E-state index < -0.39 is 0 Å². The van der Waals surface area contributed by atoms with Crippen molar-refractivity contribution in [3.05, 3.63) is 41.6 Å². The summed E-state index contributed by atoms with van der Waals surface area (Å²) in [6.45, 7) is 5.99. The minimum atomic E-state index is 0.819. The van der Waals surface area contributed by atoms with Crippen LogP contribution < -0.4 is 0 Å². The van der Waals surface area contributed by atoms with Gasteiger partial charge in [0.05, 0.1) is 23.4 Å². The number of aryl methyl sites for hydroxylation is 3. The Labute approximate surface area is 98.9 Å². The highest BCUT2D eigenvalue weighted by Gasteiger charge is 2.13. The van der Waals surface area contributed by atoms with E-state index in [0.717, 1.165) is 28.0 Å². The van der Waals surface area contributed by atoms with Crippen molar-refractivity contribution in [1.82, 2.24) is 14.7 Å². The van der Waals surface area contributed by atoms with Crippen molar-refractivity contribution in [2.24, 2.45) is 0 Å². The van der Waals surface area contributed by atoms with E-state index in [9.17, 15) is 0 Å². The van der Waals surface area contributed by atoms with Crippen LogP contribution in [-0.4, -0.2) is 14.7 Å². The molecule has 3 aromatic rings. The fourth-order valence-electron chi connectivity index (χ4n) is 2.13. The topological polar surface area (TPSA) is 43.9 Å². The molecular formula is C13H13N3O. The van der Waals surface area contributed by atoms with Crippen LogP contribution in [0.5, 0.6) is 0 Å². The molecule has 0 fully saturated rings. The zero-order valence-electron chi connectivity index (χ0n) is 10.1. The fourth-order valence-corrected chi connectivity index (χ4v) is 2.13. The predicted octanol–water partition coefficient (Wildman–Crippen LogP) is 2.94. The Morgan fingerprint density at radius 2 is 2.00 bits per heavy atom. The number of rotatable bonds is 1. The smallest absolute Gasteiger partial charge is 0.191 e. The quantitative estimate of drug-likeness (QED) is 0.642. The standard InChI is InChI=1S/C13H13N3O/c1-8-4-5-11(16-6-9(2)14-7-16)13-12(8)10(3)15-17-13/h4-7H,1-3H3. The number of fused-ring (bicyclic) bond motifs is 1. The molecule has 0 N–H and O–H groups in total. The van der Waals surface area contributed by atoms with Gasteiger partial charge in [-0.15, -0.1) is 0 Å². The molecule has 0 aliphatic rings. The summed E-state index contributed by atoms with van der Waals surface area (Å²) in [5.41, 5.74) is 4.89. The van der Waals surface area contributed by atoms with Crippen molar-refractivity contribution < 1.29 is 4.52 Å². The van der Waals surface area contributed by atoms with Crippen molar-refractivity contribution in [3.63, 3.8) is 0 Å². The Morgan fingerprint density at radius 1 is 1.18 bits per heavy atom. The molecule has 0 aliphatic heterocycles. The van der Waals surface area contributed by atoms with Crippen LogP contribution in [0.4, 0.5) is 0 Å². The second-order valence-corrected chi connectivity index (χ2v) is 4.30. The van der Waals surface area contributed by atoms with Crippen LogP contribution in [0.2, 0.25) is 0 Å². The SMILES string of the molecule is Cc1cn(-c2ccc(C)c3c(C)noc23)cn1. The monoisotopic (exact) mass is 227 g/mol. The summed E-state index contributed by atoms with van der Waals surface area (Å²) in [7, 11) is 0. The molecule has 0 bridgehead atoms. The number of hydrogen-bond donors (Lipinski definition) is 0. The van der Waals surface area contributed by atoms with Gasteiger partial charge in [0, 0.05) is 11.6 Å². The van der Waals surface area contributed by atoms with Crippen LogP contribution in [-0.2, 0) is 0 Å². The van der Waals surface area contributed by atoms with Gasteiger partial charge in [0.25, 0.3) is 0 Å². The second kappa shape index (κ2) is 3.45. The molecule has 0 spiro atoms. The van der Waals surface area contributed by atoms with Crippen LogP contribution >= 0.6 is 0 Å². The van der Waals surface area contributed by atoms with Gasteiger partial charge in [-0.25, -0.2) is 4.98 Å². The summed E-state index contributed by atoms with van der Waals surface area (Å²) in [5, 5.41) is 5.13. The predicted molar refractivity (Wildman–Crippen MR) is 65.3 cm³/mol. The van der Waals surface area contributed by atoms with Crippen molar-refractivity contribution in [3.8, 4) is 5.69 Å². The van der Waals surface area contributed by atoms with E-state index in [1.807, 2.05) is 30.7 Å². The Balaban J connectivity index is 2.34. The second-order valence-electron chi connectivity index (χ2n) is 4.30. The molecule has 0 radical (unpaired) electrons. The first-order chi connectivity index (χ1) is 8.16. The molecule has 2 heterocycles. The van der Waals surface area contributed by atoms with Crippen molar-refractivity contribution in [1.29, 1.82) is 0 Å². The van der Waals surface area contributed by atoms with Crippen LogP contribution in [0.1, 0.15) is 17.0 Å². The van der Waals surface area contributed by atoms with Gasteiger partial charge in [0.1, 0.15) is 0 Å². The lowest BCUT2D eigenvalue weighted by Crippen LogP contribution is -1.91. The van der Waals surface area contributed by atoms with Crippen LogP contribution in [0.3, 0.4) is 0 Å². The maximum absolute atomic E-state index is 5.43. The third-order valence-corrected chi connectivity index (χ3v) is 2.97. The molecule has 4 heteroatoms. The number of nitrogens with zero attached hydrogens (tertiary/aromatic N) is 3. The van der Waals surface area contributed by atoms with Gasteiger partial charge in [-0.1, -0.05) is 11.2 Å². The molecule has 1 aromatic carbocycles. The summed E-state index contributed by atoms with van der Waals surface area (Å²) >= 11 is 0. The largest absolute Gasteiger partial charge is 0.354 e. The number of imidazole rings is 1. The average molecular weight is 227 g/mol. The average Bonchev–Trinajstić information content (AvgIpc) is 2.87. The summed E-state index contributed by atoms with van der Waals surface area (Å²) in [6.07, 6.45) is 3.76. The van der Waals surface area contributed by atoms with Gasteiger partial charge < -0.3 is 9.09 Å². The van der Waals surface area contributed by atoms with E-state index in [0.29, 0.717) is 0 Å². The van der Waals surface area contributed by atoms with Gasteiger partial charge >= 0.3 is 0 Å². The fraction of sp³-hybridized carbons (Fsp3) is 0.231. The van der Waals surface area contributed by atoms with Crippen molar-refractivity contribution in [2.75, 3.05) is 0 Å². The molecule has 17 heavy (non-hydrogen) atoms. The molecule has 86 valence electrons. The highest BCUT2D eigenvalue weighted by Crippen LogP contribution is 2.27. The molecule has 0 amide bonds. The van der Waals surface area contributed by atoms with Gasteiger partial charge in [0.2, 0.25) is 0 Å². The highest BCUT2D eigenvalue weighted by molar-refractivity contribution is 5.89. The molecule has 0 aliphatic carbocycles. The third-order valence-electron chi connectivity index (χ3n) is 2.97. The van der Waals surface area contributed by atoms with Crippen molar-refractivity contribution in [2.45, 2.75) is 20.8 Å². The van der Waals surface area contributed by atoms with Gasteiger partial charge in [-0.3, -0.25) is 0 Å². The molecule has 0 unspecified atom stereocenters. The Hall–Kier alpha value is -2.10. The van der Waals surface area contributed by atoms with Gasteiger partial charge in [0.15, 0.2) is 5.58 Å². The Bertz CT molecular complexity index is 694. The van der Waals surface area contributed by atoms with Crippen LogP contribution in [0.15, 0.2) is 29.2 Å². The van der Waals surface area contributed by atoms with E-state index in [4.69, 9.17) is 4.52 Å². The summed E-state index contributed by atoms with van der Waals surface area (Å²) in [6, 6.07) is 4.11.